The van der Waals surface area contributed by atoms with Gasteiger partial charge in [0.1, 0.15) is 0 Å². The Morgan fingerprint density at radius 2 is 1.50 bits per heavy atom. The SMILES string of the molecule is C/C=C/C.CCc1ccccc1. The molecule has 0 amide bonds. The molecule has 66 valence electrons. The van der Waals surface area contributed by atoms with Crippen LogP contribution in [-0.4, -0.2) is 0 Å². The summed E-state index contributed by atoms with van der Waals surface area (Å²) in [5.74, 6) is 0. The van der Waals surface area contributed by atoms with Gasteiger partial charge in [0, 0.05) is 0 Å². The summed E-state index contributed by atoms with van der Waals surface area (Å²) >= 11 is 0. The van der Waals surface area contributed by atoms with Crippen molar-refractivity contribution in [3.63, 3.8) is 0 Å². The van der Waals surface area contributed by atoms with Crippen molar-refractivity contribution < 1.29 is 0 Å². The highest BCUT2D eigenvalue weighted by molar-refractivity contribution is 5.13. The van der Waals surface area contributed by atoms with E-state index in [0.29, 0.717) is 0 Å². The maximum Gasteiger partial charge on any atom is -0.0307 e. The van der Waals surface area contributed by atoms with Crippen LogP contribution in [0, 0.1) is 0 Å². The van der Waals surface area contributed by atoms with Crippen LogP contribution in [0.25, 0.3) is 0 Å². The monoisotopic (exact) mass is 162 g/mol. The second-order valence-corrected chi connectivity index (χ2v) is 2.51. The van der Waals surface area contributed by atoms with Crippen molar-refractivity contribution in [3.8, 4) is 0 Å². The number of hydrogen-bond donors (Lipinski definition) is 0. The first-order chi connectivity index (χ1) is 5.85. The van der Waals surface area contributed by atoms with Gasteiger partial charge in [0.25, 0.3) is 0 Å². The third-order valence-electron chi connectivity index (χ3n) is 1.58. The Balaban J connectivity index is 0.000000261. The summed E-state index contributed by atoms with van der Waals surface area (Å²) in [6.45, 7) is 6.16. The first-order valence-electron chi connectivity index (χ1n) is 4.46. The van der Waals surface area contributed by atoms with Crippen LogP contribution in [-0.2, 0) is 6.42 Å². The van der Waals surface area contributed by atoms with Gasteiger partial charge in [0.2, 0.25) is 0 Å². The van der Waals surface area contributed by atoms with Crippen LogP contribution in [0.15, 0.2) is 42.5 Å². The Bertz CT molecular complexity index is 193. The number of allylic oxidation sites excluding steroid dienone is 2. The van der Waals surface area contributed by atoms with Gasteiger partial charge in [-0.1, -0.05) is 49.4 Å². The van der Waals surface area contributed by atoms with Crippen molar-refractivity contribution in [2.24, 2.45) is 0 Å². The average Bonchev–Trinajstić information content (AvgIpc) is 2.19. The van der Waals surface area contributed by atoms with Crippen molar-refractivity contribution >= 4 is 0 Å². The quantitative estimate of drug-likeness (QED) is 0.550. The van der Waals surface area contributed by atoms with Crippen LogP contribution < -0.4 is 0 Å². The molecule has 1 aromatic rings. The molecule has 0 unspecified atom stereocenters. The van der Waals surface area contributed by atoms with E-state index in [1.54, 1.807) is 0 Å². The first kappa shape index (κ1) is 11.0. The van der Waals surface area contributed by atoms with Crippen molar-refractivity contribution in [1.29, 1.82) is 0 Å². The molecule has 0 aliphatic rings. The van der Waals surface area contributed by atoms with E-state index in [1.807, 2.05) is 32.1 Å². The van der Waals surface area contributed by atoms with Crippen molar-refractivity contribution in [2.45, 2.75) is 27.2 Å². The molecule has 0 radical (unpaired) electrons. The van der Waals surface area contributed by atoms with E-state index in [0.717, 1.165) is 6.42 Å². The zero-order valence-corrected chi connectivity index (χ0v) is 8.25. The zero-order valence-electron chi connectivity index (χ0n) is 8.25. The van der Waals surface area contributed by atoms with Crippen molar-refractivity contribution in [3.05, 3.63) is 48.0 Å². The molecule has 0 fully saturated rings. The molecule has 0 saturated heterocycles. The fraction of sp³-hybridized carbons (Fsp3) is 0.333. The third-order valence-corrected chi connectivity index (χ3v) is 1.58. The largest absolute Gasteiger partial charge is 0.0919 e. The van der Waals surface area contributed by atoms with E-state index in [4.69, 9.17) is 0 Å². The average molecular weight is 162 g/mol. The smallest absolute Gasteiger partial charge is 0.0307 e. The highest BCUT2D eigenvalue weighted by atomic mass is 13.9. The van der Waals surface area contributed by atoms with Gasteiger partial charge in [-0.2, -0.15) is 0 Å². The van der Waals surface area contributed by atoms with Crippen LogP contribution >= 0.6 is 0 Å². The number of hydrogen-bond acceptors (Lipinski definition) is 0. The van der Waals surface area contributed by atoms with Crippen LogP contribution in [0.3, 0.4) is 0 Å². The third kappa shape index (κ3) is 5.72. The summed E-state index contributed by atoms with van der Waals surface area (Å²) in [6.07, 6.45) is 5.14. The van der Waals surface area contributed by atoms with Gasteiger partial charge < -0.3 is 0 Å². The van der Waals surface area contributed by atoms with E-state index in [9.17, 15) is 0 Å². The van der Waals surface area contributed by atoms with E-state index < -0.39 is 0 Å². The molecule has 0 nitrogen and oxygen atoms in total. The molecule has 1 aromatic carbocycles. The minimum Gasteiger partial charge on any atom is -0.0919 e. The molecule has 0 saturated carbocycles. The molecule has 0 aliphatic heterocycles. The Morgan fingerprint density at radius 1 is 1.00 bits per heavy atom. The van der Waals surface area contributed by atoms with Gasteiger partial charge in [-0.3, -0.25) is 0 Å². The number of benzene rings is 1. The predicted molar refractivity (Wildman–Crippen MR) is 56.3 cm³/mol. The summed E-state index contributed by atoms with van der Waals surface area (Å²) in [5.41, 5.74) is 1.41. The zero-order chi connectivity index (χ0) is 9.23. The second kappa shape index (κ2) is 8.06. The molecule has 0 heteroatoms. The number of aryl methyl sites for hydroxylation is 1. The van der Waals surface area contributed by atoms with E-state index in [2.05, 4.69) is 31.2 Å². The Hall–Kier alpha value is -1.04. The van der Waals surface area contributed by atoms with Crippen LogP contribution in [0.5, 0.6) is 0 Å². The van der Waals surface area contributed by atoms with Gasteiger partial charge >= 0.3 is 0 Å². The Morgan fingerprint density at radius 3 is 1.75 bits per heavy atom. The normalized spacial score (nSPS) is 9.25. The number of rotatable bonds is 1. The maximum absolute atomic E-state index is 2.16. The molecule has 0 heterocycles. The summed E-state index contributed by atoms with van der Waals surface area (Å²) in [5, 5.41) is 0. The maximum atomic E-state index is 2.16. The Kier molecular flexibility index (Phi) is 7.36. The van der Waals surface area contributed by atoms with E-state index >= 15 is 0 Å². The summed E-state index contributed by atoms with van der Waals surface area (Å²) in [4.78, 5) is 0. The van der Waals surface area contributed by atoms with E-state index in [1.165, 1.54) is 5.56 Å². The topological polar surface area (TPSA) is 0 Å². The lowest BCUT2D eigenvalue weighted by Crippen LogP contribution is -1.73. The molecule has 0 aromatic heterocycles. The molecule has 1 rings (SSSR count). The van der Waals surface area contributed by atoms with E-state index in [-0.39, 0.29) is 0 Å². The summed E-state index contributed by atoms with van der Waals surface area (Å²) < 4.78 is 0. The molecular weight excluding hydrogens is 144 g/mol. The summed E-state index contributed by atoms with van der Waals surface area (Å²) in [6, 6.07) is 10.5. The van der Waals surface area contributed by atoms with Crippen LogP contribution in [0.2, 0.25) is 0 Å². The molecule has 12 heavy (non-hydrogen) atoms. The first-order valence-corrected chi connectivity index (χ1v) is 4.46. The predicted octanol–water partition coefficient (Wildman–Crippen LogP) is 3.83. The molecule has 0 bridgehead atoms. The lowest BCUT2D eigenvalue weighted by Gasteiger charge is -1.89. The summed E-state index contributed by atoms with van der Waals surface area (Å²) in [7, 11) is 0. The standard InChI is InChI=1S/C8H10.C4H8/c1-2-8-6-4-3-5-7-8;1-3-4-2/h3-7H,2H2,1H3;3-4H,1-2H3/b;4-3+. The molecular formula is C12H18. The van der Waals surface area contributed by atoms with Gasteiger partial charge in [0.15, 0.2) is 0 Å². The lowest BCUT2D eigenvalue weighted by atomic mass is 10.2. The fourth-order valence-corrected chi connectivity index (χ4v) is 0.714. The molecule has 0 atom stereocenters. The van der Waals surface area contributed by atoms with Crippen LogP contribution in [0.4, 0.5) is 0 Å². The van der Waals surface area contributed by atoms with Crippen molar-refractivity contribution in [1.82, 2.24) is 0 Å². The fourth-order valence-electron chi connectivity index (χ4n) is 0.714. The van der Waals surface area contributed by atoms with Gasteiger partial charge in [0.05, 0.1) is 0 Å². The minimum atomic E-state index is 1.14. The van der Waals surface area contributed by atoms with Gasteiger partial charge in [-0.05, 0) is 25.8 Å². The Labute approximate surface area is 75.9 Å². The molecule has 0 aliphatic carbocycles. The highest BCUT2D eigenvalue weighted by Gasteiger charge is 1.79. The molecule has 0 spiro atoms. The minimum absolute atomic E-state index is 1.14. The van der Waals surface area contributed by atoms with Crippen LogP contribution in [0.1, 0.15) is 26.3 Å². The molecule has 0 N–H and O–H groups in total. The van der Waals surface area contributed by atoms with Gasteiger partial charge in [-0.15, -0.1) is 0 Å². The van der Waals surface area contributed by atoms with Crippen molar-refractivity contribution in [2.75, 3.05) is 0 Å². The van der Waals surface area contributed by atoms with Gasteiger partial charge in [-0.25, -0.2) is 0 Å². The lowest BCUT2D eigenvalue weighted by molar-refractivity contribution is 1.14. The highest BCUT2D eigenvalue weighted by Crippen LogP contribution is 1.96. The second-order valence-electron chi connectivity index (χ2n) is 2.51.